The zero-order valence-electron chi connectivity index (χ0n) is 11.0. The Morgan fingerprint density at radius 1 is 1.59 bits per heavy atom. The van der Waals surface area contributed by atoms with E-state index < -0.39 is 50.2 Å². The largest absolute Gasteiger partial charge is 0.469 e. The van der Waals surface area contributed by atoms with Crippen molar-refractivity contribution in [1.29, 1.82) is 0 Å². The van der Waals surface area contributed by atoms with E-state index in [1.165, 1.54) is 0 Å². The number of rotatable bonds is 4. The average Bonchev–Trinajstić information content (AvgIpc) is 2.68. The highest BCUT2D eigenvalue weighted by molar-refractivity contribution is 7.46. The number of phosphoric acid groups is 1. The Hall–Kier alpha value is -1.62. The Bertz CT molecular complexity index is 702. The van der Waals surface area contributed by atoms with Crippen LogP contribution in [0.3, 0.4) is 0 Å². The highest BCUT2D eigenvalue weighted by Crippen LogP contribution is 2.39. The summed E-state index contributed by atoms with van der Waals surface area (Å²) in [6, 6.07) is 0. The van der Waals surface area contributed by atoms with E-state index in [0.29, 0.717) is 4.57 Å². The molecular formula is C10H13FN3O7P. The SMILES string of the molecule is C=C1[C@H](n2cc(F)c(N)nc2=O)O[C@H](COP(=O)(O)O)[C@H]1O. The van der Waals surface area contributed by atoms with Crippen LogP contribution in [-0.2, 0) is 13.8 Å². The molecule has 1 aromatic heterocycles. The molecule has 3 atom stereocenters. The van der Waals surface area contributed by atoms with Crippen molar-refractivity contribution in [2.75, 3.05) is 12.3 Å². The number of hydrogen-bond acceptors (Lipinski definition) is 7. The molecule has 1 aliphatic rings. The Morgan fingerprint density at radius 2 is 2.23 bits per heavy atom. The normalized spacial score (nSPS) is 25.6. The van der Waals surface area contributed by atoms with Gasteiger partial charge in [-0.1, -0.05) is 6.58 Å². The highest BCUT2D eigenvalue weighted by Gasteiger charge is 2.40. The second-order valence-electron chi connectivity index (χ2n) is 4.50. The van der Waals surface area contributed by atoms with Gasteiger partial charge in [-0.05, 0) is 0 Å². The van der Waals surface area contributed by atoms with Gasteiger partial charge in [-0.2, -0.15) is 4.98 Å². The molecule has 0 unspecified atom stereocenters. The van der Waals surface area contributed by atoms with Crippen LogP contribution in [0.15, 0.2) is 23.1 Å². The predicted molar refractivity (Wildman–Crippen MR) is 69.9 cm³/mol. The minimum atomic E-state index is -4.76. The van der Waals surface area contributed by atoms with Gasteiger partial charge < -0.3 is 25.4 Å². The molecule has 22 heavy (non-hydrogen) atoms. The first-order valence-electron chi connectivity index (χ1n) is 5.86. The van der Waals surface area contributed by atoms with Crippen molar-refractivity contribution in [3.8, 4) is 0 Å². The van der Waals surface area contributed by atoms with Crippen LogP contribution in [0.25, 0.3) is 0 Å². The van der Waals surface area contributed by atoms with Gasteiger partial charge in [0.25, 0.3) is 0 Å². The highest BCUT2D eigenvalue weighted by atomic mass is 31.2. The third-order valence-corrected chi connectivity index (χ3v) is 3.43. The zero-order chi connectivity index (χ0) is 16.7. The van der Waals surface area contributed by atoms with Crippen LogP contribution in [-0.4, -0.2) is 43.3 Å². The van der Waals surface area contributed by atoms with Crippen LogP contribution in [0.1, 0.15) is 6.23 Å². The van der Waals surface area contributed by atoms with Gasteiger partial charge in [0.15, 0.2) is 17.9 Å². The molecule has 2 heterocycles. The lowest BCUT2D eigenvalue weighted by atomic mass is 10.1. The third-order valence-electron chi connectivity index (χ3n) is 2.95. The van der Waals surface area contributed by atoms with E-state index in [2.05, 4.69) is 16.1 Å². The monoisotopic (exact) mass is 337 g/mol. The van der Waals surface area contributed by atoms with Crippen molar-refractivity contribution in [2.24, 2.45) is 0 Å². The van der Waals surface area contributed by atoms with E-state index in [-0.39, 0.29) is 5.57 Å². The molecule has 0 radical (unpaired) electrons. The molecule has 5 N–H and O–H groups in total. The lowest BCUT2D eigenvalue weighted by Crippen LogP contribution is -2.29. The number of ether oxygens (including phenoxy) is 1. The number of nitrogen functional groups attached to an aromatic ring is 1. The molecule has 0 spiro atoms. The van der Waals surface area contributed by atoms with Crippen LogP contribution in [0.5, 0.6) is 0 Å². The molecule has 0 bridgehead atoms. The number of anilines is 1. The summed E-state index contributed by atoms with van der Waals surface area (Å²) in [7, 11) is -4.76. The molecule has 0 saturated carbocycles. The maximum absolute atomic E-state index is 13.4. The van der Waals surface area contributed by atoms with Crippen LogP contribution in [0, 0.1) is 5.82 Å². The Labute approximate surface area is 122 Å². The van der Waals surface area contributed by atoms with Gasteiger partial charge in [0.1, 0.15) is 12.2 Å². The standard InChI is InChI=1S/C10H13FN3O7P/c1-4-7(15)6(3-20-22(17,18)19)21-9(4)14-2-5(11)8(12)13-10(14)16/h2,6-7,9,15H,1,3H2,(H2,12,13,16)(H2,17,18,19)/t6-,7+,9-/m1/s1. The van der Waals surface area contributed by atoms with E-state index in [9.17, 15) is 18.9 Å². The molecular weight excluding hydrogens is 324 g/mol. The van der Waals surface area contributed by atoms with Gasteiger partial charge in [-0.25, -0.2) is 13.8 Å². The van der Waals surface area contributed by atoms with Gasteiger partial charge in [-0.3, -0.25) is 9.09 Å². The summed E-state index contributed by atoms with van der Waals surface area (Å²) in [5.41, 5.74) is 4.20. The van der Waals surface area contributed by atoms with Crippen molar-refractivity contribution >= 4 is 13.6 Å². The molecule has 1 aromatic rings. The smallest absolute Gasteiger partial charge is 0.386 e. The molecule has 0 aliphatic carbocycles. The Balaban J connectivity index is 2.24. The molecule has 0 amide bonds. The molecule has 1 aliphatic heterocycles. The predicted octanol–water partition coefficient (Wildman–Crippen LogP) is -1.11. The molecule has 1 fully saturated rings. The van der Waals surface area contributed by atoms with E-state index in [1.54, 1.807) is 0 Å². The zero-order valence-corrected chi connectivity index (χ0v) is 11.9. The number of aromatic nitrogens is 2. The van der Waals surface area contributed by atoms with Crippen molar-refractivity contribution in [3.05, 3.63) is 34.7 Å². The summed E-state index contributed by atoms with van der Waals surface area (Å²) in [6.45, 7) is 2.86. The number of nitrogens with two attached hydrogens (primary N) is 1. The van der Waals surface area contributed by atoms with E-state index in [0.717, 1.165) is 6.20 Å². The summed E-state index contributed by atoms with van der Waals surface area (Å²) in [6.07, 6.45) is -3.10. The minimum Gasteiger partial charge on any atom is -0.386 e. The number of hydrogen-bond donors (Lipinski definition) is 4. The molecule has 10 nitrogen and oxygen atoms in total. The van der Waals surface area contributed by atoms with Crippen molar-refractivity contribution in [2.45, 2.75) is 18.4 Å². The van der Waals surface area contributed by atoms with Gasteiger partial charge in [0, 0.05) is 5.57 Å². The van der Waals surface area contributed by atoms with Gasteiger partial charge in [-0.15, -0.1) is 0 Å². The van der Waals surface area contributed by atoms with Crippen molar-refractivity contribution in [1.82, 2.24) is 9.55 Å². The molecule has 12 heteroatoms. The van der Waals surface area contributed by atoms with Gasteiger partial charge in [0.2, 0.25) is 0 Å². The topological polar surface area (TPSA) is 157 Å². The fourth-order valence-corrected chi connectivity index (χ4v) is 2.22. The number of aliphatic hydroxyl groups is 1. The van der Waals surface area contributed by atoms with Crippen LogP contribution < -0.4 is 11.4 Å². The summed E-state index contributed by atoms with van der Waals surface area (Å²) in [5.74, 6) is -1.56. The lowest BCUT2D eigenvalue weighted by molar-refractivity contribution is -0.0441. The Morgan fingerprint density at radius 3 is 2.82 bits per heavy atom. The first kappa shape index (κ1) is 16.7. The number of halogens is 1. The van der Waals surface area contributed by atoms with Crippen molar-refractivity contribution < 1.29 is 33.1 Å². The molecule has 2 rings (SSSR count). The maximum atomic E-state index is 13.4. The minimum absolute atomic E-state index is 0.0209. The molecule has 0 aromatic carbocycles. The Kier molecular flexibility index (Phi) is 4.47. The number of aliphatic hydroxyl groups excluding tert-OH is 1. The number of phosphoric ester groups is 1. The summed E-state index contributed by atoms with van der Waals surface area (Å²) in [5, 5.41) is 9.89. The third kappa shape index (κ3) is 3.40. The number of nitrogens with zero attached hydrogens (tertiary/aromatic N) is 2. The molecule has 1 saturated heterocycles. The van der Waals surface area contributed by atoms with E-state index in [1.807, 2.05) is 0 Å². The fraction of sp³-hybridized carbons (Fsp3) is 0.400. The van der Waals surface area contributed by atoms with Crippen LogP contribution in [0.2, 0.25) is 0 Å². The van der Waals surface area contributed by atoms with Crippen LogP contribution >= 0.6 is 7.82 Å². The summed E-state index contributed by atoms with van der Waals surface area (Å²) < 4.78 is 34.3. The second-order valence-corrected chi connectivity index (χ2v) is 5.74. The average molecular weight is 337 g/mol. The quantitative estimate of drug-likeness (QED) is 0.395. The first-order valence-corrected chi connectivity index (χ1v) is 7.39. The maximum Gasteiger partial charge on any atom is 0.469 e. The van der Waals surface area contributed by atoms with Crippen LogP contribution in [0.4, 0.5) is 10.2 Å². The van der Waals surface area contributed by atoms with E-state index >= 15 is 0 Å². The van der Waals surface area contributed by atoms with Crippen molar-refractivity contribution in [3.63, 3.8) is 0 Å². The van der Waals surface area contributed by atoms with Gasteiger partial charge in [0.05, 0.1) is 12.8 Å². The lowest BCUT2D eigenvalue weighted by Gasteiger charge is -2.16. The first-order chi connectivity index (χ1) is 10.1. The second kappa shape index (κ2) is 5.88. The van der Waals surface area contributed by atoms with E-state index in [4.69, 9.17) is 20.3 Å². The summed E-state index contributed by atoms with van der Waals surface area (Å²) in [4.78, 5) is 32.2. The van der Waals surface area contributed by atoms with Gasteiger partial charge >= 0.3 is 13.5 Å². The molecule has 122 valence electrons. The summed E-state index contributed by atoms with van der Waals surface area (Å²) >= 11 is 0. The fourth-order valence-electron chi connectivity index (χ4n) is 1.88.